The maximum atomic E-state index is 13.0. The van der Waals surface area contributed by atoms with Crippen LogP contribution >= 0.6 is 11.3 Å². The molecule has 4 rings (SSSR count). The molecule has 0 saturated carbocycles. The van der Waals surface area contributed by atoms with Crippen molar-refractivity contribution in [2.75, 3.05) is 39.4 Å². The van der Waals surface area contributed by atoms with Gasteiger partial charge in [-0.05, 0) is 62.8 Å². The Kier molecular flexibility index (Phi) is 6.27. The maximum Gasteiger partial charge on any atom is 0.254 e. The van der Waals surface area contributed by atoms with Crippen molar-refractivity contribution in [1.82, 2.24) is 14.8 Å². The monoisotopic (exact) mass is 387 g/mol. The van der Waals surface area contributed by atoms with Gasteiger partial charge in [-0.15, -0.1) is 11.3 Å². The Morgan fingerprint density at radius 3 is 2.70 bits per heavy atom. The van der Waals surface area contributed by atoms with E-state index < -0.39 is 0 Å². The van der Waals surface area contributed by atoms with Gasteiger partial charge in [-0.1, -0.05) is 0 Å². The summed E-state index contributed by atoms with van der Waals surface area (Å²) >= 11 is 1.79. The molecule has 1 N–H and O–H groups in total. The molecular formula is C21H29N3O2S. The zero-order valence-electron chi connectivity index (χ0n) is 15.9. The van der Waals surface area contributed by atoms with E-state index in [1.807, 2.05) is 24.5 Å². The van der Waals surface area contributed by atoms with Gasteiger partial charge in [-0.2, -0.15) is 0 Å². The lowest BCUT2D eigenvalue weighted by Crippen LogP contribution is -2.37. The molecule has 1 aliphatic heterocycles. The molecule has 0 spiro atoms. The lowest BCUT2D eigenvalue weighted by molar-refractivity contribution is 0.0372. The van der Waals surface area contributed by atoms with E-state index in [-0.39, 0.29) is 5.91 Å². The van der Waals surface area contributed by atoms with Crippen molar-refractivity contribution in [2.45, 2.75) is 38.5 Å². The van der Waals surface area contributed by atoms with Gasteiger partial charge < -0.3 is 14.6 Å². The highest BCUT2D eigenvalue weighted by Gasteiger charge is 2.25. The number of hydrogen-bond acceptors (Lipinski definition) is 4. The third-order valence-corrected chi connectivity index (χ3v) is 6.81. The Labute approximate surface area is 165 Å². The molecule has 1 aliphatic carbocycles. The first kappa shape index (κ1) is 18.7. The first-order valence-corrected chi connectivity index (χ1v) is 11.0. The van der Waals surface area contributed by atoms with Crippen molar-refractivity contribution in [3.63, 3.8) is 0 Å². The second-order valence-corrected chi connectivity index (χ2v) is 8.48. The van der Waals surface area contributed by atoms with Gasteiger partial charge in [0.05, 0.1) is 18.8 Å². The molecule has 27 heavy (non-hydrogen) atoms. The van der Waals surface area contributed by atoms with Crippen LogP contribution in [-0.4, -0.2) is 54.8 Å². The SMILES string of the molecule is O=C(NCCCCN1CCOCC1)c1c(-n2cccc2)sc2c1CCCC2. The van der Waals surface area contributed by atoms with E-state index in [4.69, 9.17) is 4.74 Å². The summed E-state index contributed by atoms with van der Waals surface area (Å²) in [6, 6.07) is 4.04. The Morgan fingerprint density at radius 2 is 1.89 bits per heavy atom. The van der Waals surface area contributed by atoms with Crippen LogP contribution in [0.4, 0.5) is 0 Å². The topological polar surface area (TPSA) is 46.5 Å². The molecule has 1 saturated heterocycles. The summed E-state index contributed by atoms with van der Waals surface area (Å²) < 4.78 is 7.48. The predicted octanol–water partition coefficient (Wildman–Crippen LogP) is 3.26. The van der Waals surface area contributed by atoms with E-state index in [0.29, 0.717) is 0 Å². The number of amides is 1. The number of morpholine rings is 1. The fourth-order valence-electron chi connectivity index (χ4n) is 4.01. The van der Waals surface area contributed by atoms with Gasteiger partial charge in [0.15, 0.2) is 0 Å². The highest BCUT2D eigenvalue weighted by atomic mass is 32.1. The summed E-state index contributed by atoms with van der Waals surface area (Å²) in [5.74, 6) is 0.101. The minimum atomic E-state index is 0.101. The van der Waals surface area contributed by atoms with Gasteiger partial charge in [0, 0.05) is 36.9 Å². The minimum absolute atomic E-state index is 0.101. The van der Waals surface area contributed by atoms with Gasteiger partial charge in [0.2, 0.25) is 0 Å². The van der Waals surface area contributed by atoms with Crippen LogP contribution in [0.5, 0.6) is 0 Å². The first-order chi connectivity index (χ1) is 13.3. The van der Waals surface area contributed by atoms with Crippen LogP contribution in [0.15, 0.2) is 24.5 Å². The molecule has 1 fully saturated rings. The fraction of sp³-hybridized carbons (Fsp3) is 0.571. The maximum absolute atomic E-state index is 13.0. The molecule has 1 amide bonds. The lowest BCUT2D eigenvalue weighted by Gasteiger charge is -2.26. The average molecular weight is 388 g/mol. The van der Waals surface area contributed by atoms with Crippen molar-refractivity contribution in [1.29, 1.82) is 0 Å². The van der Waals surface area contributed by atoms with E-state index >= 15 is 0 Å². The number of rotatable bonds is 7. The Hall–Kier alpha value is -1.63. The first-order valence-electron chi connectivity index (χ1n) is 10.2. The summed E-state index contributed by atoms with van der Waals surface area (Å²) in [4.78, 5) is 16.9. The zero-order valence-corrected chi connectivity index (χ0v) is 16.7. The number of aromatic nitrogens is 1. The number of hydrogen-bond donors (Lipinski definition) is 1. The number of thiophene rings is 1. The van der Waals surface area contributed by atoms with Crippen LogP contribution in [0, 0.1) is 0 Å². The highest BCUT2D eigenvalue weighted by molar-refractivity contribution is 7.15. The number of carbonyl (C=O) groups is 1. The summed E-state index contributed by atoms with van der Waals surface area (Å²) in [6.45, 7) is 5.62. The van der Waals surface area contributed by atoms with Crippen LogP contribution < -0.4 is 5.32 Å². The summed E-state index contributed by atoms with van der Waals surface area (Å²) in [7, 11) is 0. The number of carbonyl (C=O) groups excluding carboxylic acids is 1. The molecule has 146 valence electrons. The Bertz CT molecular complexity index is 748. The normalized spacial score (nSPS) is 17.6. The Balaban J connectivity index is 1.36. The molecule has 0 atom stereocenters. The van der Waals surface area contributed by atoms with Gasteiger partial charge in [-0.3, -0.25) is 9.69 Å². The van der Waals surface area contributed by atoms with Gasteiger partial charge in [-0.25, -0.2) is 0 Å². The summed E-state index contributed by atoms with van der Waals surface area (Å²) in [5, 5.41) is 4.27. The van der Waals surface area contributed by atoms with Crippen LogP contribution in [-0.2, 0) is 17.6 Å². The largest absolute Gasteiger partial charge is 0.379 e. The van der Waals surface area contributed by atoms with E-state index in [1.165, 1.54) is 23.3 Å². The van der Waals surface area contributed by atoms with Gasteiger partial charge >= 0.3 is 0 Å². The average Bonchev–Trinajstić information content (AvgIpc) is 3.36. The fourth-order valence-corrected chi connectivity index (χ4v) is 5.37. The van der Waals surface area contributed by atoms with E-state index in [9.17, 15) is 4.79 Å². The second kappa shape index (κ2) is 9.04. The number of nitrogens with one attached hydrogen (secondary N) is 1. The number of nitrogens with zero attached hydrogens (tertiary/aromatic N) is 2. The van der Waals surface area contributed by atoms with Crippen LogP contribution in [0.25, 0.3) is 5.00 Å². The van der Waals surface area contributed by atoms with Crippen molar-refractivity contribution < 1.29 is 9.53 Å². The van der Waals surface area contributed by atoms with Gasteiger partial charge in [0.25, 0.3) is 5.91 Å². The van der Waals surface area contributed by atoms with E-state index in [2.05, 4.69) is 14.8 Å². The molecule has 0 aromatic carbocycles. The number of aryl methyl sites for hydroxylation is 1. The molecule has 2 aliphatic rings. The van der Waals surface area contributed by atoms with Crippen LogP contribution in [0.2, 0.25) is 0 Å². The zero-order chi connectivity index (χ0) is 18.5. The molecular weight excluding hydrogens is 358 g/mol. The third kappa shape index (κ3) is 4.45. The second-order valence-electron chi connectivity index (χ2n) is 7.40. The smallest absolute Gasteiger partial charge is 0.254 e. The minimum Gasteiger partial charge on any atom is -0.379 e. The van der Waals surface area contributed by atoms with Gasteiger partial charge in [0.1, 0.15) is 5.00 Å². The van der Waals surface area contributed by atoms with Crippen molar-refractivity contribution in [2.24, 2.45) is 0 Å². The number of unbranched alkanes of at least 4 members (excludes halogenated alkanes) is 1. The molecule has 0 bridgehead atoms. The van der Waals surface area contributed by atoms with Crippen LogP contribution in [0.3, 0.4) is 0 Å². The molecule has 0 unspecified atom stereocenters. The van der Waals surface area contributed by atoms with Crippen molar-refractivity contribution >= 4 is 17.2 Å². The molecule has 2 aromatic rings. The molecule has 6 heteroatoms. The van der Waals surface area contributed by atoms with E-state index in [0.717, 1.165) is 75.6 Å². The molecule has 2 aromatic heterocycles. The molecule has 0 radical (unpaired) electrons. The predicted molar refractivity (Wildman–Crippen MR) is 109 cm³/mol. The molecule has 3 heterocycles. The summed E-state index contributed by atoms with van der Waals surface area (Å²) in [6.07, 6.45) is 10.8. The number of fused-ring (bicyclic) bond motifs is 1. The van der Waals surface area contributed by atoms with Crippen molar-refractivity contribution in [3.8, 4) is 5.00 Å². The highest BCUT2D eigenvalue weighted by Crippen LogP contribution is 2.36. The Morgan fingerprint density at radius 1 is 1.11 bits per heavy atom. The summed E-state index contributed by atoms with van der Waals surface area (Å²) in [5.41, 5.74) is 2.21. The lowest BCUT2D eigenvalue weighted by atomic mass is 9.95. The quantitative estimate of drug-likeness (QED) is 0.742. The number of ether oxygens (including phenoxy) is 1. The van der Waals surface area contributed by atoms with Crippen LogP contribution in [0.1, 0.15) is 46.5 Å². The van der Waals surface area contributed by atoms with Crippen molar-refractivity contribution in [3.05, 3.63) is 40.5 Å². The van der Waals surface area contributed by atoms with E-state index in [1.54, 1.807) is 11.3 Å². The third-order valence-electron chi connectivity index (χ3n) is 5.51. The molecule has 5 nitrogen and oxygen atoms in total. The standard InChI is InChI=1S/C21H29N3O2S/c25-20(22-9-3-4-10-23-13-15-26-16-14-23)19-17-7-1-2-8-18(17)27-21(19)24-11-5-6-12-24/h5-6,11-12H,1-4,7-10,13-16H2,(H,22,25).